The van der Waals surface area contributed by atoms with E-state index >= 15 is 0 Å². The zero-order valence-corrected chi connectivity index (χ0v) is 19.7. The first-order chi connectivity index (χ1) is 15.2. The van der Waals surface area contributed by atoms with E-state index in [0.29, 0.717) is 25.8 Å². The second-order valence-corrected chi connectivity index (χ2v) is 9.90. The number of hydrogen-bond donors (Lipinski definition) is 1. The Balaban J connectivity index is 1.78. The summed E-state index contributed by atoms with van der Waals surface area (Å²) in [5.41, 5.74) is -1.91. The van der Waals surface area contributed by atoms with E-state index in [1.807, 2.05) is 11.8 Å². The molecule has 1 aromatic carbocycles. The molecule has 4 nitrogen and oxygen atoms in total. The fourth-order valence-electron chi connectivity index (χ4n) is 5.06. The van der Waals surface area contributed by atoms with Crippen LogP contribution in [-0.4, -0.2) is 34.7 Å². The minimum absolute atomic E-state index is 0.0367. The van der Waals surface area contributed by atoms with Crippen LogP contribution in [0.15, 0.2) is 18.2 Å². The number of rotatable bonds is 6. The maximum Gasteiger partial charge on any atom is 0.416 e. The molecule has 1 amide bonds. The number of carbonyl (C=O) groups excluding carboxylic acids is 1. The van der Waals surface area contributed by atoms with Crippen LogP contribution in [0.2, 0.25) is 0 Å². The average molecular weight is 477 g/mol. The summed E-state index contributed by atoms with van der Waals surface area (Å²) in [5.74, 6) is -3.09. The van der Waals surface area contributed by atoms with Crippen LogP contribution in [0.25, 0.3) is 0 Å². The Bertz CT molecular complexity index is 835. The van der Waals surface area contributed by atoms with Gasteiger partial charge in [0.15, 0.2) is 0 Å². The molecule has 2 aliphatic rings. The van der Waals surface area contributed by atoms with Gasteiger partial charge in [-0.05, 0) is 69.2 Å². The number of benzene rings is 1. The molecular formula is C24H33F5N2O2. The van der Waals surface area contributed by atoms with Gasteiger partial charge in [-0.3, -0.25) is 4.90 Å². The molecule has 1 aromatic rings. The van der Waals surface area contributed by atoms with E-state index in [0.717, 1.165) is 25.0 Å². The highest BCUT2D eigenvalue weighted by Gasteiger charge is 2.62. The standard InChI is InChI=1S/C24H33F5N2O2/c1-6-20-10-19(12-23(11-15(23)4)31(20)21(32)33-14(2)3)30-13-16-7-17(22(5,25)26)9-18(8-16)24(27,28)29/h7-9,14-15,19-20,30H,6,10-13H2,1-5H3/t15-,19+,20-,23?/m0/s1. The van der Waals surface area contributed by atoms with Crippen LogP contribution in [0.3, 0.4) is 0 Å². The Hall–Kier alpha value is -1.90. The molecule has 1 saturated heterocycles. The predicted molar refractivity (Wildman–Crippen MR) is 115 cm³/mol. The van der Waals surface area contributed by atoms with E-state index in [1.54, 1.807) is 13.8 Å². The predicted octanol–water partition coefficient (Wildman–Crippen LogP) is 6.47. The molecule has 1 aliphatic carbocycles. The molecule has 3 rings (SSSR count). The number of likely N-dealkylation sites (tertiary alicyclic amines) is 1. The number of nitrogens with one attached hydrogen (secondary N) is 1. The van der Waals surface area contributed by atoms with Crippen molar-refractivity contribution in [1.29, 1.82) is 0 Å². The number of piperidine rings is 1. The van der Waals surface area contributed by atoms with E-state index < -0.39 is 23.2 Å². The van der Waals surface area contributed by atoms with Crippen molar-refractivity contribution < 1.29 is 31.5 Å². The lowest BCUT2D eigenvalue weighted by Gasteiger charge is -2.46. The first-order valence-electron chi connectivity index (χ1n) is 11.5. The molecule has 1 unspecified atom stereocenters. The van der Waals surface area contributed by atoms with Crippen molar-refractivity contribution in [3.63, 3.8) is 0 Å². The van der Waals surface area contributed by atoms with Gasteiger partial charge in [-0.2, -0.15) is 13.2 Å². The number of carbonyl (C=O) groups is 1. The number of nitrogens with zero attached hydrogens (tertiary/aromatic N) is 1. The second kappa shape index (κ2) is 9.04. The summed E-state index contributed by atoms with van der Waals surface area (Å²) in [6.07, 6.45) is -2.45. The van der Waals surface area contributed by atoms with E-state index in [2.05, 4.69) is 12.2 Å². The van der Waals surface area contributed by atoms with Crippen LogP contribution in [0, 0.1) is 5.92 Å². The molecule has 1 aliphatic heterocycles. The first kappa shape index (κ1) is 25.7. The average Bonchev–Trinajstić information content (AvgIpc) is 3.31. The van der Waals surface area contributed by atoms with E-state index in [9.17, 15) is 26.7 Å². The molecule has 9 heteroatoms. The second-order valence-electron chi connectivity index (χ2n) is 9.90. The van der Waals surface area contributed by atoms with Gasteiger partial charge in [-0.15, -0.1) is 0 Å². The molecule has 1 N–H and O–H groups in total. The van der Waals surface area contributed by atoms with Gasteiger partial charge < -0.3 is 10.1 Å². The lowest BCUT2D eigenvalue weighted by molar-refractivity contribution is -0.137. The zero-order valence-electron chi connectivity index (χ0n) is 19.7. The first-order valence-corrected chi connectivity index (χ1v) is 11.5. The van der Waals surface area contributed by atoms with Crippen LogP contribution < -0.4 is 5.32 Å². The van der Waals surface area contributed by atoms with Crippen molar-refractivity contribution in [2.75, 3.05) is 0 Å². The molecule has 1 spiro atoms. The summed E-state index contributed by atoms with van der Waals surface area (Å²) < 4.78 is 73.0. The molecule has 0 aromatic heterocycles. The fraction of sp³-hybridized carbons (Fsp3) is 0.708. The highest BCUT2D eigenvalue weighted by molar-refractivity contribution is 5.70. The highest BCUT2D eigenvalue weighted by Crippen LogP contribution is 2.55. The van der Waals surface area contributed by atoms with E-state index in [4.69, 9.17) is 4.74 Å². The van der Waals surface area contributed by atoms with Gasteiger partial charge in [-0.1, -0.05) is 13.8 Å². The quantitative estimate of drug-likeness (QED) is 0.478. The van der Waals surface area contributed by atoms with Gasteiger partial charge in [0.2, 0.25) is 0 Å². The van der Waals surface area contributed by atoms with Crippen molar-refractivity contribution in [3.05, 3.63) is 34.9 Å². The van der Waals surface area contributed by atoms with Crippen LogP contribution in [0.4, 0.5) is 26.7 Å². The lowest BCUT2D eigenvalue weighted by atomic mass is 9.87. The summed E-state index contributed by atoms with van der Waals surface area (Å²) in [6.45, 7) is 8.31. The van der Waals surface area contributed by atoms with Gasteiger partial charge in [0, 0.05) is 31.1 Å². The van der Waals surface area contributed by atoms with Gasteiger partial charge in [0.25, 0.3) is 5.92 Å². The van der Waals surface area contributed by atoms with Crippen molar-refractivity contribution in [1.82, 2.24) is 10.2 Å². The van der Waals surface area contributed by atoms with Gasteiger partial charge in [-0.25, -0.2) is 13.6 Å². The number of alkyl halides is 5. The molecule has 186 valence electrons. The summed E-state index contributed by atoms with van der Waals surface area (Å²) in [4.78, 5) is 14.7. The third-order valence-electron chi connectivity index (χ3n) is 6.84. The summed E-state index contributed by atoms with van der Waals surface area (Å²) in [7, 11) is 0. The lowest BCUT2D eigenvalue weighted by Crippen LogP contribution is -2.58. The highest BCUT2D eigenvalue weighted by atomic mass is 19.4. The number of halogens is 5. The molecule has 0 radical (unpaired) electrons. The van der Waals surface area contributed by atoms with Gasteiger partial charge in [0.1, 0.15) is 0 Å². The minimum atomic E-state index is -4.71. The maximum atomic E-state index is 13.8. The summed E-state index contributed by atoms with van der Waals surface area (Å²) >= 11 is 0. The number of ether oxygens (including phenoxy) is 1. The van der Waals surface area contributed by atoms with Crippen LogP contribution in [-0.2, 0) is 23.4 Å². The molecule has 1 heterocycles. The Labute approximate surface area is 191 Å². The normalized spacial score (nSPS) is 27.8. The third-order valence-corrected chi connectivity index (χ3v) is 6.84. The van der Waals surface area contributed by atoms with Crippen molar-refractivity contribution in [2.24, 2.45) is 5.92 Å². The Morgan fingerprint density at radius 3 is 2.27 bits per heavy atom. The third kappa shape index (κ3) is 5.61. The van der Waals surface area contributed by atoms with Gasteiger partial charge in [0.05, 0.1) is 17.2 Å². The van der Waals surface area contributed by atoms with E-state index in [1.165, 1.54) is 0 Å². The summed E-state index contributed by atoms with van der Waals surface area (Å²) in [5, 5.41) is 3.28. The van der Waals surface area contributed by atoms with Crippen LogP contribution in [0.5, 0.6) is 0 Å². The smallest absolute Gasteiger partial charge is 0.416 e. The molecular weight excluding hydrogens is 443 g/mol. The molecule has 1 saturated carbocycles. The zero-order chi connectivity index (χ0) is 24.8. The Morgan fingerprint density at radius 1 is 1.18 bits per heavy atom. The molecule has 0 bridgehead atoms. The number of hydrogen-bond acceptors (Lipinski definition) is 3. The SMILES string of the molecule is CC[C@H]1C[C@@H](NCc2cc(C(C)(F)F)cc(C(F)(F)F)c2)CC2(C[C@@H]2C)N1C(=O)OC(C)C. The minimum Gasteiger partial charge on any atom is -0.447 e. The fourth-order valence-corrected chi connectivity index (χ4v) is 5.06. The summed E-state index contributed by atoms with van der Waals surface area (Å²) in [6, 6.07) is 2.44. The largest absolute Gasteiger partial charge is 0.447 e. The maximum absolute atomic E-state index is 13.8. The molecule has 4 atom stereocenters. The van der Waals surface area contributed by atoms with Crippen molar-refractivity contribution >= 4 is 6.09 Å². The van der Waals surface area contributed by atoms with Crippen molar-refractivity contribution in [3.8, 4) is 0 Å². The molecule has 2 fully saturated rings. The van der Waals surface area contributed by atoms with Crippen LogP contribution in [0.1, 0.15) is 77.0 Å². The van der Waals surface area contributed by atoms with Gasteiger partial charge >= 0.3 is 12.3 Å². The molecule has 33 heavy (non-hydrogen) atoms. The monoisotopic (exact) mass is 476 g/mol. The number of amides is 1. The Morgan fingerprint density at radius 2 is 1.79 bits per heavy atom. The topological polar surface area (TPSA) is 41.6 Å². The van der Waals surface area contributed by atoms with Crippen molar-refractivity contribution in [2.45, 2.75) is 103 Å². The van der Waals surface area contributed by atoms with Crippen LogP contribution >= 0.6 is 0 Å². The van der Waals surface area contributed by atoms with E-state index in [-0.39, 0.29) is 47.8 Å². The Kier molecular flexibility index (Phi) is 7.05.